The summed E-state index contributed by atoms with van der Waals surface area (Å²) >= 11 is 0. The largest absolute Gasteiger partial charge is 0.497 e. The quantitative estimate of drug-likeness (QED) is 0.806. The highest BCUT2D eigenvalue weighted by Gasteiger charge is 2.09. The average molecular weight is 230 g/mol. The number of benzene rings is 1. The highest BCUT2D eigenvalue weighted by Crippen LogP contribution is 2.28. The molecule has 1 atom stereocenters. The molecule has 0 saturated carbocycles. The summed E-state index contributed by atoms with van der Waals surface area (Å²) in [6.45, 7) is 3.64. The van der Waals surface area contributed by atoms with Gasteiger partial charge in [-0.2, -0.15) is 0 Å². The molecule has 0 heterocycles. The molecule has 84 valence electrons. The van der Waals surface area contributed by atoms with Gasteiger partial charge in [-0.3, -0.25) is 0 Å². The van der Waals surface area contributed by atoms with E-state index in [1.807, 2.05) is 12.1 Å². The van der Waals surface area contributed by atoms with Gasteiger partial charge in [0.25, 0.3) is 0 Å². The summed E-state index contributed by atoms with van der Waals surface area (Å²) in [6, 6.07) is 5.32. The monoisotopic (exact) mass is 229 g/mol. The zero-order valence-electron chi connectivity index (χ0n) is 8.90. The summed E-state index contributed by atoms with van der Waals surface area (Å²) in [7, 11) is 3.22. The van der Waals surface area contributed by atoms with Crippen LogP contribution in [-0.4, -0.2) is 14.2 Å². The third-order valence-corrected chi connectivity index (χ3v) is 2.05. The smallest absolute Gasteiger partial charge is 0.127 e. The number of halogens is 1. The Morgan fingerprint density at radius 3 is 2.47 bits per heavy atom. The van der Waals surface area contributed by atoms with Crippen LogP contribution in [0.2, 0.25) is 0 Å². The molecule has 0 fully saturated rings. The van der Waals surface area contributed by atoms with E-state index in [9.17, 15) is 0 Å². The van der Waals surface area contributed by atoms with Crippen LogP contribution in [0.3, 0.4) is 0 Å². The van der Waals surface area contributed by atoms with Crippen molar-refractivity contribution in [2.75, 3.05) is 14.2 Å². The Morgan fingerprint density at radius 2 is 2.00 bits per heavy atom. The Balaban J connectivity index is 0.00000196. The molecule has 3 nitrogen and oxygen atoms in total. The lowest BCUT2D eigenvalue weighted by atomic mass is 10.1. The Labute approximate surface area is 96.3 Å². The molecular weight excluding hydrogens is 214 g/mol. The van der Waals surface area contributed by atoms with Crippen molar-refractivity contribution in [3.05, 3.63) is 36.4 Å². The molecule has 0 saturated heterocycles. The molecule has 1 aromatic carbocycles. The minimum absolute atomic E-state index is 0. The molecule has 0 aliphatic carbocycles. The van der Waals surface area contributed by atoms with Crippen molar-refractivity contribution >= 4 is 12.4 Å². The van der Waals surface area contributed by atoms with Crippen molar-refractivity contribution in [2.24, 2.45) is 5.73 Å². The molecule has 0 radical (unpaired) electrons. The van der Waals surface area contributed by atoms with Crippen molar-refractivity contribution in [1.82, 2.24) is 0 Å². The number of hydrogen-bond acceptors (Lipinski definition) is 3. The molecule has 0 aromatic heterocycles. The van der Waals surface area contributed by atoms with E-state index >= 15 is 0 Å². The molecule has 1 aromatic rings. The third kappa shape index (κ3) is 3.15. The minimum atomic E-state index is -0.212. The normalized spacial score (nSPS) is 11.1. The Kier molecular flexibility index (Phi) is 5.82. The highest BCUT2D eigenvalue weighted by atomic mass is 35.5. The van der Waals surface area contributed by atoms with Crippen molar-refractivity contribution in [1.29, 1.82) is 0 Å². The van der Waals surface area contributed by atoms with Crippen LogP contribution in [0.5, 0.6) is 11.5 Å². The van der Waals surface area contributed by atoms with Crippen LogP contribution in [0.1, 0.15) is 11.6 Å². The van der Waals surface area contributed by atoms with Crippen LogP contribution in [0.25, 0.3) is 0 Å². The molecular formula is C11H16ClNO2. The highest BCUT2D eigenvalue weighted by molar-refractivity contribution is 5.85. The van der Waals surface area contributed by atoms with Gasteiger partial charge < -0.3 is 15.2 Å². The number of hydrogen-bond donors (Lipinski definition) is 1. The predicted octanol–water partition coefficient (Wildman–Crippen LogP) is 2.31. The van der Waals surface area contributed by atoms with Gasteiger partial charge in [0.15, 0.2) is 0 Å². The molecule has 0 aliphatic rings. The summed E-state index contributed by atoms with van der Waals surface area (Å²) in [5.74, 6) is 1.47. The maximum absolute atomic E-state index is 5.82. The summed E-state index contributed by atoms with van der Waals surface area (Å²) in [5, 5.41) is 0. The molecule has 0 spiro atoms. The number of methoxy groups -OCH3 is 2. The van der Waals surface area contributed by atoms with E-state index < -0.39 is 0 Å². The Hall–Kier alpha value is -1.19. The van der Waals surface area contributed by atoms with Gasteiger partial charge in [0, 0.05) is 11.6 Å². The molecule has 2 N–H and O–H groups in total. The number of ether oxygens (including phenoxy) is 2. The number of nitrogens with two attached hydrogens (primary N) is 1. The van der Waals surface area contributed by atoms with E-state index in [0.717, 1.165) is 17.1 Å². The summed E-state index contributed by atoms with van der Waals surface area (Å²) in [6.07, 6.45) is 1.67. The fourth-order valence-electron chi connectivity index (χ4n) is 1.22. The maximum atomic E-state index is 5.82. The lowest BCUT2D eigenvalue weighted by molar-refractivity contribution is 0.390. The van der Waals surface area contributed by atoms with Crippen LogP contribution in [0, 0.1) is 0 Å². The average Bonchev–Trinajstić information content (AvgIpc) is 2.27. The second-order valence-electron chi connectivity index (χ2n) is 2.87. The van der Waals surface area contributed by atoms with E-state index in [2.05, 4.69) is 6.58 Å². The van der Waals surface area contributed by atoms with Crippen LogP contribution in [0.15, 0.2) is 30.9 Å². The van der Waals surface area contributed by atoms with Gasteiger partial charge in [0.1, 0.15) is 11.5 Å². The summed E-state index contributed by atoms with van der Waals surface area (Å²) < 4.78 is 10.3. The topological polar surface area (TPSA) is 44.5 Å². The minimum Gasteiger partial charge on any atom is -0.497 e. The predicted molar refractivity (Wildman–Crippen MR) is 63.9 cm³/mol. The van der Waals surface area contributed by atoms with E-state index in [1.54, 1.807) is 26.4 Å². The van der Waals surface area contributed by atoms with E-state index in [-0.39, 0.29) is 18.4 Å². The standard InChI is InChI=1S/C11H15NO2.ClH/c1-4-10(12)9-6-5-8(13-2)7-11(9)14-3;/h4-7,10H,1,12H2,2-3H3;1H/t10-;/m1./s1. The molecule has 0 aliphatic heterocycles. The lowest BCUT2D eigenvalue weighted by Crippen LogP contribution is -2.08. The van der Waals surface area contributed by atoms with E-state index in [1.165, 1.54) is 0 Å². The van der Waals surface area contributed by atoms with Crippen LogP contribution >= 0.6 is 12.4 Å². The first-order valence-electron chi connectivity index (χ1n) is 4.33. The zero-order chi connectivity index (χ0) is 10.6. The first kappa shape index (κ1) is 13.8. The summed E-state index contributed by atoms with van der Waals surface area (Å²) in [5.41, 5.74) is 6.73. The second kappa shape index (κ2) is 6.32. The maximum Gasteiger partial charge on any atom is 0.127 e. The summed E-state index contributed by atoms with van der Waals surface area (Å²) in [4.78, 5) is 0. The van der Waals surface area contributed by atoms with Crippen molar-refractivity contribution in [2.45, 2.75) is 6.04 Å². The molecule has 0 bridgehead atoms. The Morgan fingerprint density at radius 1 is 1.33 bits per heavy atom. The van der Waals surface area contributed by atoms with Crippen LogP contribution < -0.4 is 15.2 Å². The first-order valence-corrected chi connectivity index (χ1v) is 4.33. The van der Waals surface area contributed by atoms with Gasteiger partial charge in [0.05, 0.1) is 20.3 Å². The van der Waals surface area contributed by atoms with Crippen LogP contribution in [0.4, 0.5) is 0 Å². The Bertz CT molecular complexity index is 328. The van der Waals surface area contributed by atoms with Gasteiger partial charge in [-0.05, 0) is 12.1 Å². The molecule has 0 amide bonds. The fraction of sp³-hybridized carbons (Fsp3) is 0.273. The van der Waals surface area contributed by atoms with Gasteiger partial charge in [0.2, 0.25) is 0 Å². The van der Waals surface area contributed by atoms with Crippen molar-refractivity contribution < 1.29 is 9.47 Å². The molecule has 1 rings (SSSR count). The fourth-order valence-corrected chi connectivity index (χ4v) is 1.22. The van der Waals surface area contributed by atoms with Crippen LogP contribution in [-0.2, 0) is 0 Å². The SMILES string of the molecule is C=C[C@@H](N)c1ccc(OC)cc1OC.Cl. The number of rotatable bonds is 4. The third-order valence-electron chi connectivity index (χ3n) is 2.05. The van der Waals surface area contributed by atoms with E-state index in [0.29, 0.717) is 0 Å². The second-order valence-corrected chi connectivity index (χ2v) is 2.87. The van der Waals surface area contributed by atoms with Crippen molar-refractivity contribution in [3.63, 3.8) is 0 Å². The van der Waals surface area contributed by atoms with Gasteiger partial charge in [-0.25, -0.2) is 0 Å². The van der Waals surface area contributed by atoms with Gasteiger partial charge in [-0.1, -0.05) is 6.08 Å². The van der Waals surface area contributed by atoms with Gasteiger partial charge >= 0.3 is 0 Å². The lowest BCUT2D eigenvalue weighted by Gasteiger charge is -2.13. The van der Waals surface area contributed by atoms with Crippen molar-refractivity contribution in [3.8, 4) is 11.5 Å². The molecule has 0 unspecified atom stereocenters. The molecule has 4 heteroatoms. The zero-order valence-corrected chi connectivity index (χ0v) is 9.71. The van der Waals surface area contributed by atoms with E-state index in [4.69, 9.17) is 15.2 Å². The first-order chi connectivity index (χ1) is 6.72. The van der Waals surface area contributed by atoms with Gasteiger partial charge in [-0.15, -0.1) is 19.0 Å². The molecule has 15 heavy (non-hydrogen) atoms.